The Morgan fingerprint density at radius 1 is 1.43 bits per heavy atom. The molecule has 1 aliphatic rings. The molecule has 0 aromatic carbocycles. The van der Waals surface area contributed by atoms with Gasteiger partial charge >= 0.3 is 0 Å². The fourth-order valence-electron chi connectivity index (χ4n) is 1.43. The van der Waals surface area contributed by atoms with Crippen molar-refractivity contribution in [2.75, 3.05) is 13.7 Å². The van der Waals surface area contributed by atoms with Crippen molar-refractivity contribution in [1.29, 1.82) is 0 Å². The lowest BCUT2D eigenvalue weighted by molar-refractivity contribution is -0.109. The smallest absolute Gasteiger partial charge is 0.136 e. The Hall–Kier alpha value is -0.450. The average Bonchev–Trinajstić information content (AvgIpc) is 2.53. The molecule has 0 radical (unpaired) electrons. The van der Waals surface area contributed by atoms with Crippen molar-refractivity contribution >= 4 is 6.29 Å². The number of hydrogen-bond donors (Lipinski definition) is 2. The first-order valence-electron chi connectivity index (χ1n) is 4.82. The fourth-order valence-corrected chi connectivity index (χ4v) is 1.43. The summed E-state index contributed by atoms with van der Waals surface area (Å²) in [5.74, 6) is 0. The van der Waals surface area contributed by atoms with Crippen LogP contribution >= 0.6 is 0 Å². The van der Waals surface area contributed by atoms with E-state index in [1.54, 1.807) is 0 Å². The summed E-state index contributed by atoms with van der Waals surface area (Å²) in [4.78, 5) is 10.4. The Bertz CT molecular complexity index is 165. The van der Waals surface area contributed by atoms with Crippen molar-refractivity contribution in [3.8, 4) is 0 Å². The minimum absolute atomic E-state index is 0.00245. The molecule has 0 saturated carbocycles. The van der Waals surface area contributed by atoms with Crippen LogP contribution in [-0.4, -0.2) is 42.8 Å². The molecule has 0 aromatic heterocycles. The van der Waals surface area contributed by atoms with Crippen molar-refractivity contribution in [3.63, 3.8) is 0 Å². The largest absolute Gasteiger partial charge is 0.400 e. The maximum absolute atomic E-state index is 10.4. The molecule has 1 rings (SSSR count). The summed E-state index contributed by atoms with van der Waals surface area (Å²) in [6.45, 7) is 6.88. The molecule has 0 amide bonds. The number of carbonyl (C=O) groups excluding carboxylic acids is 1. The number of rotatable bonds is 2. The van der Waals surface area contributed by atoms with E-state index >= 15 is 0 Å². The van der Waals surface area contributed by atoms with Crippen molar-refractivity contribution in [2.45, 2.75) is 44.9 Å². The van der Waals surface area contributed by atoms with Gasteiger partial charge in [-0.3, -0.25) is 0 Å². The van der Waals surface area contributed by atoms with Gasteiger partial charge in [0, 0.05) is 13.7 Å². The highest BCUT2D eigenvalue weighted by Crippen LogP contribution is 2.16. The van der Waals surface area contributed by atoms with Gasteiger partial charge in [0.05, 0.1) is 17.7 Å². The van der Waals surface area contributed by atoms with E-state index < -0.39 is 0 Å². The highest BCUT2D eigenvalue weighted by atomic mass is 16.5. The van der Waals surface area contributed by atoms with E-state index in [1.807, 2.05) is 20.8 Å². The Kier molecular flexibility index (Phi) is 5.92. The molecular weight excluding hydrogens is 182 g/mol. The summed E-state index contributed by atoms with van der Waals surface area (Å²) >= 11 is 0. The number of ether oxygens (including phenoxy) is 1. The highest BCUT2D eigenvalue weighted by Gasteiger charge is 2.27. The molecule has 0 aromatic rings. The van der Waals surface area contributed by atoms with Crippen LogP contribution < -0.4 is 5.32 Å². The van der Waals surface area contributed by atoms with Crippen LogP contribution in [0.15, 0.2) is 0 Å². The number of aliphatic hydroxyl groups excluding tert-OH is 1. The van der Waals surface area contributed by atoms with Gasteiger partial charge in [-0.2, -0.15) is 0 Å². The number of aliphatic hydroxyl groups is 1. The highest BCUT2D eigenvalue weighted by molar-refractivity contribution is 5.58. The monoisotopic (exact) mass is 203 g/mol. The van der Waals surface area contributed by atoms with Gasteiger partial charge in [-0.1, -0.05) is 0 Å². The van der Waals surface area contributed by atoms with Crippen molar-refractivity contribution < 1.29 is 14.6 Å². The van der Waals surface area contributed by atoms with Crippen LogP contribution in [-0.2, 0) is 9.53 Å². The van der Waals surface area contributed by atoms with Crippen molar-refractivity contribution in [3.05, 3.63) is 0 Å². The summed E-state index contributed by atoms with van der Waals surface area (Å²) in [6, 6.07) is -0.00245. The van der Waals surface area contributed by atoms with Crippen LogP contribution in [0.2, 0.25) is 0 Å². The SMILES string of the molecule is CC(C)(C)OC1CNC(C=O)C1.CO. The summed E-state index contributed by atoms with van der Waals surface area (Å²) in [5, 5.41) is 10.1. The molecule has 84 valence electrons. The third kappa shape index (κ3) is 5.32. The van der Waals surface area contributed by atoms with Gasteiger partial charge in [-0.15, -0.1) is 0 Å². The molecule has 2 atom stereocenters. The Morgan fingerprint density at radius 2 is 2.00 bits per heavy atom. The molecule has 4 heteroatoms. The van der Waals surface area contributed by atoms with Gasteiger partial charge in [0.1, 0.15) is 6.29 Å². The minimum Gasteiger partial charge on any atom is -0.400 e. The fraction of sp³-hybridized carbons (Fsp3) is 0.900. The van der Waals surface area contributed by atoms with E-state index in [9.17, 15) is 4.79 Å². The van der Waals surface area contributed by atoms with E-state index in [1.165, 1.54) is 0 Å². The average molecular weight is 203 g/mol. The zero-order valence-corrected chi connectivity index (χ0v) is 9.41. The predicted octanol–water partition coefficient (Wildman–Crippen LogP) is 0.339. The van der Waals surface area contributed by atoms with E-state index in [2.05, 4.69) is 5.32 Å². The third-order valence-electron chi connectivity index (χ3n) is 1.81. The molecule has 1 aliphatic heterocycles. The van der Waals surface area contributed by atoms with E-state index in [-0.39, 0.29) is 17.7 Å². The first-order chi connectivity index (χ1) is 6.51. The lowest BCUT2D eigenvalue weighted by Crippen LogP contribution is -2.28. The maximum Gasteiger partial charge on any atom is 0.136 e. The third-order valence-corrected chi connectivity index (χ3v) is 1.81. The zero-order valence-electron chi connectivity index (χ0n) is 9.41. The Morgan fingerprint density at radius 3 is 2.36 bits per heavy atom. The number of hydrogen-bond acceptors (Lipinski definition) is 4. The molecule has 0 spiro atoms. The molecule has 14 heavy (non-hydrogen) atoms. The van der Waals surface area contributed by atoms with Gasteiger partial charge in [-0.25, -0.2) is 0 Å². The van der Waals surface area contributed by atoms with Crippen LogP contribution in [0, 0.1) is 0 Å². The van der Waals surface area contributed by atoms with E-state index in [0.717, 1.165) is 26.4 Å². The number of carbonyl (C=O) groups is 1. The second-order valence-electron chi connectivity index (χ2n) is 4.24. The number of aldehydes is 1. The van der Waals surface area contributed by atoms with Gasteiger partial charge in [0.2, 0.25) is 0 Å². The summed E-state index contributed by atoms with van der Waals surface area (Å²) in [6.07, 6.45) is 1.95. The quantitative estimate of drug-likeness (QED) is 0.635. The summed E-state index contributed by atoms with van der Waals surface area (Å²) in [7, 11) is 1.00. The molecule has 2 unspecified atom stereocenters. The minimum atomic E-state index is -0.107. The summed E-state index contributed by atoms with van der Waals surface area (Å²) in [5.41, 5.74) is -0.107. The van der Waals surface area contributed by atoms with E-state index in [4.69, 9.17) is 9.84 Å². The molecule has 0 aliphatic carbocycles. The predicted molar refractivity (Wildman–Crippen MR) is 55.2 cm³/mol. The standard InChI is InChI=1S/C9H17NO2.CH4O/c1-9(2,3)12-8-4-7(6-11)10-5-8;1-2/h6-8,10H,4-5H2,1-3H3;2H,1H3. The number of nitrogens with one attached hydrogen (secondary N) is 1. The second kappa shape index (κ2) is 6.11. The second-order valence-corrected chi connectivity index (χ2v) is 4.24. The van der Waals surface area contributed by atoms with Gasteiger partial charge < -0.3 is 20.0 Å². The molecule has 1 heterocycles. The molecule has 1 fully saturated rings. The lowest BCUT2D eigenvalue weighted by Gasteiger charge is -2.24. The van der Waals surface area contributed by atoms with Crippen LogP contribution in [0.25, 0.3) is 0 Å². The van der Waals surface area contributed by atoms with Crippen LogP contribution in [0.3, 0.4) is 0 Å². The summed E-state index contributed by atoms with van der Waals surface area (Å²) < 4.78 is 5.71. The van der Waals surface area contributed by atoms with E-state index in [0.29, 0.717) is 0 Å². The first kappa shape index (κ1) is 13.5. The Labute approximate surface area is 85.6 Å². The van der Waals surface area contributed by atoms with Crippen molar-refractivity contribution in [2.24, 2.45) is 0 Å². The topological polar surface area (TPSA) is 58.6 Å². The molecule has 2 N–H and O–H groups in total. The van der Waals surface area contributed by atoms with Crippen molar-refractivity contribution in [1.82, 2.24) is 5.32 Å². The van der Waals surface area contributed by atoms with Gasteiger partial charge in [0.25, 0.3) is 0 Å². The maximum atomic E-state index is 10.4. The molecular formula is C10H21NO3. The molecule has 1 saturated heterocycles. The molecule has 4 nitrogen and oxygen atoms in total. The van der Waals surface area contributed by atoms with Gasteiger partial charge in [-0.05, 0) is 27.2 Å². The lowest BCUT2D eigenvalue weighted by atomic mass is 10.1. The molecule has 0 bridgehead atoms. The van der Waals surface area contributed by atoms with Crippen LogP contribution in [0.4, 0.5) is 0 Å². The normalized spacial score (nSPS) is 26.6. The van der Waals surface area contributed by atoms with Crippen LogP contribution in [0.1, 0.15) is 27.2 Å². The van der Waals surface area contributed by atoms with Crippen LogP contribution in [0.5, 0.6) is 0 Å². The Balaban J connectivity index is 0.000000791. The zero-order chi connectivity index (χ0) is 11.2. The first-order valence-corrected chi connectivity index (χ1v) is 4.82. The van der Waals surface area contributed by atoms with Gasteiger partial charge in [0.15, 0.2) is 0 Å².